The lowest BCUT2D eigenvalue weighted by Gasteiger charge is -2.27. The minimum absolute atomic E-state index is 0. The molecule has 1 aromatic rings. The summed E-state index contributed by atoms with van der Waals surface area (Å²) in [7, 11) is 0. The molecule has 0 saturated carbocycles. The monoisotopic (exact) mass is 255 g/mol. The molecule has 1 aliphatic heterocycles. The Morgan fingerprint density at radius 1 is 1.35 bits per heavy atom. The van der Waals surface area contributed by atoms with E-state index in [0.717, 1.165) is 25.8 Å². The van der Waals surface area contributed by atoms with Gasteiger partial charge in [-0.1, -0.05) is 30.3 Å². The number of rotatable bonds is 3. The number of benzene rings is 1. The summed E-state index contributed by atoms with van der Waals surface area (Å²) in [5.74, 6) is -0.234. The Morgan fingerprint density at radius 2 is 2.06 bits per heavy atom. The van der Waals surface area contributed by atoms with Crippen molar-refractivity contribution in [3.8, 4) is 0 Å². The lowest BCUT2D eigenvalue weighted by atomic mass is 9.87. The van der Waals surface area contributed by atoms with Crippen molar-refractivity contribution < 1.29 is 9.90 Å². The molecule has 0 aromatic heterocycles. The van der Waals surface area contributed by atoms with Crippen molar-refractivity contribution in [2.45, 2.75) is 25.3 Å². The highest BCUT2D eigenvalue weighted by Gasteiger charge is 2.26. The minimum atomic E-state index is -0.724. The molecule has 0 unspecified atom stereocenters. The van der Waals surface area contributed by atoms with Gasteiger partial charge in [-0.05, 0) is 37.3 Å². The standard InChI is InChI=1S/C13H17NO2.ClH/c15-13(16)12-9-11(6-7-14-12)8-10-4-2-1-3-5-10;/h1-5,11-12,14H,6-9H2,(H,15,16);1H/t11-,12-;/m0./s1. The molecule has 1 saturated heterocycles. The number of carboxylic acids is 1. The molecule has 0 bridgehead atoms. The maximum absolute atomic E-state index is 10.9. The normalized spacial score (nSPS) is 23.8. The quantitative estimate of drug-likeness (QED) is 0.870. The number of piperidine rings is 1. The topological polar surface area (TPSA) is 49.3 Å². The highest BCUT2D eigenvalue weighted by molar-refractivity contribution is 5.85. The lowest BCUT2D eigenvalue weighted by molar-refractivity contribution is -0.140. The smallest absolute Gasteiger partial charge is 0.320 e. The van der Waals surface area contributed by atoms with E-state index in [1.165, 1.54) is 5.56 Å². The van der Waals surface area contributed by atoms with E-state index in [0.29, 0.717) is 5.92 Å². The Balaban J connectivity index is 0.00000144. The summed E-state index contributed by atoms with van der Waals surface area (Å²) in [5.41, 5.74) is 1.30. The maximum atomic E-state index is 10.9. The molecule has 0 radical (unpaired) electrons. The van der Waals surface area contributed by atoms with Gasteiger partial charge in [0.15, 0.2) is 0 Å². The summed E-state index contributed by atoms with van der Waals surface area (Å²) in [5, 5.41) is 12.0. The molecule has 0 amide bonds. The van der Waals surface area contributed by atoms with Gasteiger partial charge in [0.2, 0.25) is 0 Å². The van der Waals surface area contributed by atoms with Gasteiger partial charge < -0.3 is 10.4 Å². The summed E-state index contributed by atoms with van der Waals surface area (Å²) in [4.78, 5) is 10.9. The van der Waals surface area contributed by atoms with Gasteiger partial charge in [0.25, 0.3) is 0 Å². The third-order valence-electron chi connectivity index (χ3n) is 3.18. The van der Waals surface area contributed by atoms with E-state index in [2.05, 4.69) is 17.4 Å². The second-order valence-corrected chi connectivity index (χ2v) is 4.43. The number of nitrogens with one attached hydrogen (secondary N) is 1. The molecule has 94 valence electrons. The third kappa shape index (κ3) is 4.02. The summed E-state index contributed by atoms with van der Waals surface area (Å²) >= 11 is 0. The van der Waals surface area contributed by atoms with Crippen molar-refractivity contribution >= 4 is 18.4 Å². The first kappa shape index (κ1) is 14.0. The van der Waals surface area contributed by atoms with E-state index in [1.54, 1.807) is 0 Å². The fourth-order valence-corrected chi connectivity index (χ4v) is 2.32. The van der Waals surface area contributed by atoms with Gasteiger partial charge >= 0.3 is 5.97 Å². The number of hydrogen-bond acceptors (Lipinski definition) is 2. The van der Waals surface area contributed by atoms with Gasteiger partial charge in [-0.15, -0.1) is 12.4 Å². The van der Waals surface area contributed by atoms with Crippen molar-refractivity contribution in [1.29, 1.82) is 0 Å². The molecular formula is C13H18ClNO2. The van der Waals surface area contributed by atoms with Crippen LogP contribution in [0.1, 0.15) is 18.4 Å². The molecule has 17 heavy (non-hydrogen) atoms. The van der Waals surface area contributed by atoms with Crippen LogP contribution in [0, 0.1) is 5.92 Å². The Kier molecular flexibility index (Phi) is 5.45. The Hall–Kier alpha value is -1.06. The number of hydrogen-bond donors (Lipinski definition) is 2. The molecule has 2 rings (SSSR count). The summed E-state index contributed by atoms with van der Waals surface area (Å²) < 4.78 is 0. The number of aliphatic carboxylic acids is 1. The molecule has 3 nitrogen and oxygen atoms in total. The van der Waals surface area contributed by atoms with E-state index in [-0.39, 0.29) is 18.4 Å². The summed E-state index contributed by atoms with van der Waals surface area (Å²) in [6.07, 6.45) is 2.80. The van der Waals surface area contributed by atoms with Crippen LogP contribution in [-0.4, -0.2) is 23.7 Å². The van der Waals surface area contributed by atoms with Gasteiger partial charge in [-0.25, -0.2) is 0 Å². The van der Waals surface area contributed by atoms with Crippen molar-refractivity contribution in [2.75, 3.05) is 6.54 Å². The zero-order valence-electron chi connectivity index (χ0n) is 9.63. The van der Waals surface area contributed by atoms with E-state index in [9.17, 15) is 4.79 Å². The van der Waals surface area contributed by atoms with Crippen LogP contribution in [0.3, 0.4) is 0 Å². The second kappa shape index (κ2) is 6.62. The molecule has 4 heteroatoms. The predicted octanol–water partition coefficient (Wildman–Crippen LogP) is 2.10. The van der Waals surface area contributed by atoms with Gasteiger partial charge in [0.05, 0.1) is 0 Å². The average Bonchev–Trinajstić information content (AvgIpc) is 2.30. The Labute approximate surface area is 108 Å². The zero-order valence-corrected chi connectivity index (χ0v) is 10.5. The highest BCUT2D eigenvalue weighted by atomic mass is 35.5. The van der Waals surface area contributed by atoms with Gasteiger partial charge in [-0.3, -0.25) is 4.79 Å². The van der Waals surface area contributed by atoms with Crippen LogP contribution in [0.4, 0.5) is 0 Å². The van der Waals surface area contributed by atoms with Crippen LogP contribution >= 0.6 is 12.4 Å². The minimum Gasteiger partial charge on any atom is -0.480 e. The maximum Gasteiger partial charge on any atom is 0.320 e. The first-order chi connectivity index (χ1) is 7.75. The highest BCUT2D eigenvalue weighted by Crippen LogP contribution is 2.21. The van der Waals surface area contributed by atoms with Crippen molar-refractivity contribution in [3.05, 3.63) is 35.9 Å². The van der Waals surface area contributed by atoms with Crippen LogP contribution in [0.5, 0.6) is 0 Å². The molecule has 0 spiro atoms. The third-order valence-corrected chi connectivity index (χ3v) is 3.18. The summed E-state index contributed by atoms with van der Waals surface area (Å²) in [6.45, 7) is 0.814. The molecule has 1 aromatic carbocycles. The largest absolute Gasteiger partial charge is 0.480 e. The fourth-order valence-electron chi connectivity index (χ4n) is 2.32. The molecule has 2 atom stereocenters. The van der Waals surface area contributed by atoms with E-state index >= 15 is 0 Å². The van der Waals surface area contributed by atoms with Gasteiger partial charge in [-0.2, -0.15) is 0 Å². The second-order valence-electron chi connectivity index (χ2n) is 4.43. The Bertz CT molecular complexity index is 356. The van der Waals surface area contributed by atoms with Crippen molar-refractivity contribution in [1.82, 2.24) is 5.32 Å². The first-order valence-electron chi connectivity index (χ1n) is 5.76. The van der Waals surface area contributed by atoms with E-state index < -0.39 is 5.97 Å². The molecule has 1 aliphatic rings. The number of halogens is 1. The van der Waals surface area contributed by atoms with Crippen LogP contribution in [-0.2, 0) is 11.2 Å². The van der Waals surface area contributed by atoms with E-state index in [1.807, 2.05) is 18.2 Å². The van der Waals surface area contributed by atoms with Crippen molar-refractivity contribution in [3.63, 3.8) is 0 Å². The Morgan fingerprint density at radius 3 is 2.71 bits per heavy atom. The average molecular weight is 256 g/mol. The van der Waals surface area contributed by atoms with Gasteiger partial charge in [0, 0.05) is 0 Å². The first-order valence-corrected chi connectivity index (χ1v) is 5.76. The van der Waals surface area contributed by atoms with Gasteiger partial charge in [0.1, 0.15) is 6.04 Å². The fraction of sp³-hybridized carbons (Fsp3) is 0.462. The zero-order chi connectivity index (χ0) is 11.4. The lowest BCUT2D eigenvalue weighted by Crippen LogP contribution is -2.43. The number of carboxylic acid groups (broad SMARTS) is 1. The van der Waals surface area contributed by atoms with Crippen LogP contribution in [0.2, 0.25) is 0 Å². The molecule has 1 fully saturated rings. The van der Waals surface area contributed by atoms with E-state index in [4.69, 9.17) is 5.11 Å². The summed E-state index contributed by atoms with van der Waals surface area (Å²) in [6, 6.07) is 9.93. The molecule has 0 aliphatic carbocycles. The van der Waals surface area contributed by atoms with Crippen LogP contribution in [0.15, 0.2) is 30.3 Å². The predicted molar refractivity (Wildman–Crippen MR) is 69.5 cm³/mol. The van der Waals surface area contributed by atoms with Crippen LogP contribution < -0.4 is 5.32 Å². The molecule has 1 heterocycles. The van der Waals surface area contributed by atoms with Crippen LogP contribution in [0.25, 0.3) is 0 Å². The molecular weight excluding hydrogens is 238 g/mol. The molecule has 2 N–H and O–H groups in total. The number of carbonyl (C=O) groups is 1. The SMILES string of the molecule is Cl.O=C(O)[C@@H]1C[C@H](Cc2ccccc2)CCN1. The van der Waals surface area contributed by atoms with Crippen molar-refractivity contribution in [2.24, 2.45) is 5.92 Å².